The van der Waals surface area contributed by atoms with Crippen molar-refractivity contribution in [3.63, 3.8) is 0 Å². The molecule has 0 aliphatic rings. The third-order valence-electron chi connectivity index (χ3n) is 2.64. The third-order valence-corrected chi connectivity index (χ3v) is 2.64. The fraction of sp³-hybridized carbons (Fsp3) is 0.0833. The number of aromatic amines is 1. The van der Waals surface area contributed by atoms with Gasteiger partial charge in [-0.3, -0.25) is 14.3 Å². The molecule has 0 aliphatic carbocycles. The summed E-state index contributed by atoms with van der Waals surface area (Å²) >= 11 is 0. The van der Waals surface area contributed by atoms with Gasteiger partial charge >= 0.3 is 5.69 Å². The molecule has 3 rings (SSSR count). The Bertz CT molecular complexity index is 779. The molecule has 1 N–H and O–H groups in total. The predicted octanol–water partition coefficient (Wildman–Crippen LogP) is 0.233. The first kappa shape index (κ1) is 10.5. The summed E-state index contributed by atoms with van der Waals surface area (Å²) in [5.41, 5.74) is 0.756. The predicted molar refractivity (Wildman–Crippen MR) is 65.6 cm³/mol. The van der Waals surface area contributed by atoms with E-state index in [0.717, 1.165) is 11.3 Å². The highest BCUT2D eigenvalue weighted by molar-refractivity contribution is 5.39. The number of imidazole rings is 1. The number of nitrogens with zero attached hydrogens (tertiary/aromatic N) is 3. The summed E-state index contributed by atoms with van der Waals surface area (Å²) in [6.45, 7) is 0.331. The Balaban J connectivity index is 2.01. The van der Waals surface area contributed by atoms with Crippen LogP contribution >= 0.6 is 0 Å². The molecule has 0 saturated heterocycles. The molecule has 18 heavy (non-hydrogen) atoms. The normalized spacial score (nSPS) is 10.9. The molecule has 6 nitrogen and oxygen atoms in total. The van der Waals surface area contributed by atoms with Crippen LogP contribution in [0.25, 0.3) is 5.65 Å². The maximum Gasteiger partial charge on any atom is 0.328 e. The summed E-state index contributed by atoms with van der Waals surface area (Å²) in [7, 11) is 0. The van der Waals surface area contributed by atoms with Crippen molar-refractivity contribution in [1.29, 1.82) is 0 Å². The van der Waals surface area contributed by atoms with Gasteiger partial charge in [-0.2, -0.15) is 0 Å². The summed E-state index contributed by atoms with van der Waals surface area (Å²) in [5, 5.41) is 0. The van der Waals surface area contributed by atoms with Crippen LogP contribution in [0.15, 0.2) is 52.4 Å². The third kappa shape index (κ3) is 1.84. The van der Waals surface area contributed by atoms with E-state index in [0.29, 0.717) is 6.54 Å². The second-order valence-electron chi connectivity index (χ2n) is 3.94. The minimum atomic E-state index is -0.431. The highest BCUT2D eigenvalue weighted by atomic mass is 16.2. The molecule has 0 amide bonds. The molecule has 0 saturated carbocycles. The molecule has 0 aliphatic heterocycles. The van der Waals surface area contributed by atoms with Crippen LogP contribution in [-0.2, 0) is 6.54 Å². The zero-order chi connectivity index (χ0) is 12.5. The van der Waals surface area contributed by atoms with Crippen molar-refractivity contribution in [2.45, 2.75) is 6.54 Å². The van der Waals surface area contributed by atoms with Gasteiger partial charge in [0.15, 0.2) is 0 Å². The van der Waals surface area contributed by atoms with Gasteiger partial charge in [-0.15, -0.1) is 0 Å². The Morgan fingerprint density at radius 1 is 1.17 bits per heavy atom. The van der Waals surface area contributed by atoms with Crippen LogP contribution < -0.4 is 11.2 Å². The van der Waals surface area contributed by atoms with E-state index in [1.54, 1.807) is 0 Å². The minimum Gasteiger partial charge on any atom is -0.307 e. The molecule has 0 aromatic carbocycles. The van der Waals surface area contributed by atoms with E-state index in [-0.39, 0.29) is 0 Å². The lowest BCUT2D eigenvalue weighted by atomic mass is 10.4. The summed E-state index contributed by atoms with van der Waals surface area (Å²) in [6.07, 6.45) is 5.21. The monoisotopic (exact) mass is 242 g/mol. The van der Waals surface area contributed by atoms with E-state index in [1.807, 2.05) is 35.0 Å². The molecule has 0 radical (unpaired) electrons. The van der Waals surface area contributed by atoms with Crippen LogP contribution in [0.5, 0.6) is 0 Å². The average molecular weight is 242 g/mol. The molecule has 0 atom stereocenters. The van der Waals surface area contributed by atoms with Crippen LogP contribution in [-0.4, -0.2) is 18.9 Å². The zero-order valence-corrected chi connectivity index (χ0v) is 9.41. The first-order valence-electron chi connectivity index (χ1n) is 5.45. The number of fused-ring (bicyclic) bond motifs is 1. The second-order valence-corrected chi connectivity index (χ2v) is 3.94. The van der Waals surface area contributed by atoms with Gasteiger partial charge < -0.3 is 4.40 Å². The van der Waals surface area contributed by atoms with Crippen molar-refractivity contribution in [2.75, 3.05) is 0 Å². The molecule has 0 fully saturated rings. The SMILES string of the molecule is O=c1ccn(Cc2cn3ccccc3n2)c(=O)[nH]1. The lowest BCUT2D eigenvalue weighted by molar-refractivity contribution is 0.709. The van der Waals surface area contributed by atoms with Crippen LogP contribution in [0.1, 0.15) is 5.69 Å². The first-order valence-corrected chi connectivity index (χ1v) is 5.45. The van der Waals surface area contributed by atoms with Crippen molar-refractivity contribution >= 4 is 5.65 Å². The standard InChI is InChI=1S/C12H10N4O2/c17-11-4-6-16(12(18)14-11)8-9-7-15-5-2-1-3-10(15)13-9/h1-7H,8H2,(H,14,17,18). The summed E-state index contributed by atoms with van der Waals surface area (Å²) in [5.74, 6) is 0. The Morgan fingerprint density at radius 2 is 2.06 bits per heavy atom. The first-order chi connectivity index (χ1) is 8.72. The molecule has 90 valence electrons. The number of aromatic nitrogens is 4. The summed E-state index contributed by atoms with van der Waals surface area (Å²) in [4.78, 5) is 29.1. The number of nitrogens with one attached hydrogen (secondary N) is 1. The van der Waals surface area contributed by atoms with Gasteiger partial charge in [0.1, 0.15) is 5.65 Å². The number of hydrogen-bond acceptors (Lipinski definition) is 3. The van der Waals surface area contributed by atoms with Gasteiger partial charge in [-0.1, -0.05) is 6.07 Å². The molecule has 3 aromatic rings. The maximum atomic E-state index is 11.5. The van der Waals surface area contributed by atoms with Crippen molar-refractivity contribution in [3.8, 4) is 0 Å². The minimum absolute atomic E-state index is 0.331. The highest BCUT2D eigenvalue weighted by Gasteiger charge is 2.03. The number of pyridine rings is 1. The van der Waals surface area contributed by atoms with E-state index in [1.165, 1.54) is 16.8 Å². The lowest BCUT2D eigenvalue weighted by Crippen LogP contribution is -2.28. The molecule has 0 unspecified atom stereocenters. The van der Waals surface area contributed by atoms with E-state index >= 15 is 0 Å². The smallest absolute Gasteiger partial charge is 0.307 e. The Morgan fingerprint density at radius 3 is 2.83 bits per heavy atom. The fourth-order valence-corrected chi connectivity index (χ4v) is 1.81. The van der Waals surface area contributed by atoms with Crippen molar-refractivity contribution in [3.05, 3.63) is 69.4 Å². The molecule has 3 heterocycles. The molecule has 3 aromatic heterocycles. The molecular weight excluding hydrogens is 232 g/mol. The van der Waals surface area contributed by atoms with Gasteiger partial charge in [-0.25, -0.2) is 9.78 Å². The summed E-state index contributed by atoms with van der Waals surface area (Å²) in [6, 6.07) is 7.01. The van der Waals surface area contributed by atoms with Gasteiger partial charge in [0, 0.05) is 24.7 Å². The largest absolute Gasteiger partial charge is 0.328 e. The van der Waals surface area contributed by atoms with Crippen molar-refractivity contribution in [1.82, 2.24) is 18.9 Å². The molecular formula is C12H10N4O2. The Hall–Kier alpha value is -2.63. The van der Waals surface area contributed by atoms with Crippen LogP contribution in [0.4, 0.5) is 0 Å². The number of rotatable bonds is 2. The van der Waals surface area contributed by atoms with Gasteiger partial charge in [0.2, 0.25) is 0 Å². The van der Waals surface area contributed by atoms with E-state index < -0.39 is 11.2 Å². The highest BCUT2D eigenvalue weighted by Crippen LogP contribution is 2.04. The number of H-pyrrole nitrogens is 1. The van der Waals surface area contributed by atoms with Gasteiger partial charge in [-0.05, 0) is 12.1 Å². The van der Waals surface area contributed by atoms with Crippen LogP contribution in [0.2, 0.25) is 0 Å². The van der Waals surface area contributed by atoms with Gasteiger partial charge in [0.05, 0.1) is 12.2 Å². The Kier molecular flexibility index (Phi) is 2.33. The zero-order valence-electron chi connectivity index (χ0n) is 9.41. The Labute approximate surface area is 101 Å². The number of hydrogen-bond donors (Lipinski definition) is 1. The maximum absolute atomic E-state index is 11.5. The van der Waals surface area contributed by atoms with E-state index in [2.05, 4.69) is 9.97 Å². The molecule has 0 spiro atoms. The second kappa shape index (κ2) is 3.99. The average Bonchev–Trinajstić information content (AvgIpc) is 2.75. The van der Waals surface area contributed by atoms with E-state index in [9.17, 15) is 9.59 Å². The van der Waals surface area contributed by atoms with Crippen molar-refractivity contribution in [2.24, 2.45) is 0 Å². The molecule has 6 heteroatoms. The van der Waals surface area contributed by atoms with Crippen LogP contribution in [0, 0.1) is 0 Å². The topological polar surface area (TPSA) is 72.2 Å². The van der Waals surface area contributed by atoms with Gasteiger partial charge in [0.25, 0.3) is 5.56 Å². The van der Waals surface area contributed by atoms with Crippen molar-refractivity contribution < 1.29 is 0 Å². The summed E-state index contributed by atoms with van der Waals surface area (Å²) < 4.78 is 3.29. The van der Waals surface area contributed by atoms with Crippen LogP contribution in [0.3, 0.4) is 0 Å². The quantitative estimate of drug-likeness (QED) is 0.699. The van der Waals surface area contributed by atoms with E-state index in [4.69, 9.17) is 0 Å². The lowest BCUT2D eigenvalue weighted by Gasteiger charge is -2.00. The molecule has 0 bridgehead atoms. The fourth-order valence-electron chi connectivity index (χ4n) is 1.81.